The lowest BCUT2D eigenvalue weighted by Gasteiger charge is -2.28. The van der Waals surface area contributed by atoms with Gasteiger partial charge in [-0.25, -0.2) is 4.79 Å². The lowest BCUT2D eigenvalue weighted by molar-refractivity contribution is -0.300. The van der Waals surface area contributed by atoms with E-state index in [0.717, 1.165) is 21.6 Å². The van der Waals surface area contributed by atoms with E-state index < -0.39 is 37.0 Å². The predicted molar refractivity (Wildman–Crippen MR) is 130 cm³/mol. The largest absolute Gasteiger partial charge is 0.475 e. The number of carbonyl (C=O) groups excluding carboxylic acids is 1. The van der Waals surface area contributed by atoms with Crippen LogP contribution in [-0.2, 0) is 4.74 Å². The van der Waals surface area contributed by atoms with E-state index in [1.165, 1.54) is 0 Å². The van der Waals surface area contributed by atoms with Crippen molar-refractivity contribution < 1.29 is 41.3 Å². The molecule has 3 heterocycles. The van der Waals surface area contributed by atoms with Gasteiger partial charge in [-0.1, -0.05) is 6.07 Å². The van der Waals surface area contributed by atoms with Crippen molar-refractivity contribution in [2.24, 2.45) is 5.92 Å². The summed E-state index contributed by atoms with van der Waals surface area (Å²) in [4.78, 5) is 20.3. The van der Waals surface area contributed by atoms with Crippen LogP contribution in [0.15, 0.2) is 30.3 Å². The molecule has 2 saturated heterocycles. The van der Waals surface area contributed by atoms with Crippen molar-refractivity contribution in [3.63, 3.8) is 0 Å². The molecule has 1 atom stereocenters. The van der Waals surface area contributed by atoms with Gasteiger partial charge in [-0.2, -0.15) is 26.9 Å². The summed E-state index contributed by atoms with van der Waals surface area (Å²) in [6.45, 7) is 3.19. The third-order valence-corrected chi connectivity index (χ3v) is 6.63. The first-order valence-corrected chi connectivity index (χ1v) is 12.2. The Hall–Kier alpha value is -3.19. The first kappa shape index (κ1) is 27.8. The number of rotatable bonds is 7. The number of nitrogens with one attached hydrogen (secondary N) is 1. The summed E-state index contributed by atoms with van der Waals surface area (Å²) in [7, 11) is 0. The van der Waals surface area contributed by atoms with Gasteiger partial charge in [-0.3, -0.25) is 0 Å². The van der Waals surface area contributed by atoms with Crippen LogP contribution >= 0.6 is 0 Å². The van der Waals surface area contributed by atoms with Crippen LogP contribution in [0.2, 0.25) is 0 Å². The third-order valence-electron chi connectivity index (χ3n) is 6.63. The summed E-state index contributed by atoms with van der Waals surface area (Å²) in [6.07, 6.45) is -6.11. The van der Waals surface area contributed by atoms with Crippen LogP contribution in [0.25, 0.3) is 11.1 Å². The van der Waals surface area contributed by atoms with E-state index in [0.29, 0.717) is 43.7 Å². The van der Waals surface area contributed by atoms with Crippen molar-refractivity contribution in [3.8, 4) is 17.0 Å². The number of morpholine rings is 1. The average Bonchev–Trinajstić information content (AvgIpc) is 3.40. The van der Waals surface area contributed by atoms with Gasteiger partial charge in [0, 0.05) is 37.9 Å². The molecule has 2 aliphatic rings. The fourth-order valence-electron chi connectivity index (χ4n) is 4.51. The number of alkyl halides is 5. The molecule has 0 aliphatic carbocycles. The van der Waals surface area contributed by atoms with Crippen LogP contribution in [0.5, 0.6) is 5.88 Å². The van der Waals surface area contributed by atoms with Crippen LogP contribution in [0.4, 0.5) is 38.3 Å². The molecule has 0 unspecified atom stereocenters. The number of anilines is 2. The summed E-state index contributed by atoms with van der Waals surface area (Å²) in [5.74, 6) is -5.90. The van der Waals surface area contributed by atoms with Gasteiger partial charge >= 0.3 is 18.1 Å². The number of aromatic nitrogens is 1. The maximum absolute atomic E-state index is 13.7. The number of aliphatic hydroxyl groups is 1. The maximum Gasteiger partial charge on any atom is 0.453 e. The first-order chi connectivity index (χ1) is 18.0. The number of nitrogens with zero attached hydrogens (tertiary/aromatic N) is 3. The van der Waals surface area contributed by atoms with Gasteiger partial charge < -0.3 is 29.7 Å². The average molecular weight is 545 g/mol. The Labute approximate surface area is 216 Å². The van der Waals surface area contributed by atoms with Crippen molar-refractivity contribution in [3.05, 3.63) is 35.9 Å². The van der Waals surface area contributed by atoms with Gasteiger partial charge in [0.25, 0.3) is 0 Å². The Kier molecular flexibility index (Phi) is 8.26. The van der Waals surface area contributed by atoms with Crippen LogP contribution in [0.1, 0.15) is 12.0 Å². The van der Waals surface area contributed by atoms with E-state index >= 15 is 0 Å². The number of halogens is 5. The van der Waals surface area contributed by atoms with Crippen molar-refractivity contribution >= 4 is 17.5 Å². The molecule has 2 aromatic rings. The number of likely N-dealkylation sites (tertiary alicyclic amines) is 1. The molecular weight excluding hydrogens is 515 g/mol. The normalized spacial score (nSPS) is 18.6. The number of benzene rings is 1. The Morgan fingerprint density at radius 1 is 1.16 bits per heavy atom. The molecule has 38 heavy (non-hydrogen) atoms. The molecule has 0 bridgehead atoms. The molecule has 1 aromatic heterocycles. The highest BCUT2D eigenvalue weighted by molar-refractivity contribution is 5.90. The molecule has 8 nitrogen and oxygen atoms in total. The van der Waals surface area contributed by atoms with Gasteiger partial charge in [0.15, 0.2) is 0 Å². The topological polar surface area (TPSA) is 87.2 Å². The highest BCUT2D eigenvalue weighted by atomic mass is 19.4. The Morgan fingerprint density at radius 3 is 2.58 bits per heavy atom. The molecule has 2 aliphatic heterocycles. The van der Waals surface area contributed by atoms with Gasteiger partial charge in [0.1, 0.15) is 12.4 Å². The molecule has 4 rings (SSSR count). The second kappa shape index (κ2) is 11.3. The number of ether oxygens (including phenoxy) is 2. The van der Waals surface area contributed by atoms with Gasteiger partial charge in [0.2, 0.25) is 5.88 Å². The number of aliphatic hydroxyl groups excluding tert-OH is 1. The van der Waals surface area contributed by atoms with E-state index in [-0.39, 0.29) is 19.8 Å². The van der Waals surface area contributed by atoms with Crippen molar-refractivity contribution in [1.29, 1.82) is 0 Å². The fourth-order valence-corrected chi connectivity index (χ4v) is 4.51. The molecule has 208 valence electrons. The minimum atomic E-state index is -5.67. The van der Waals surface area contributed by atoms with Gasteiger partial charge in [-0.05, 0) is 48.2 Å². The quantitative estimate of drug-likeness (QED) is 0.506. The molecule has 2 amide bonds. The Balaban J connectivity index is 1.54. The van der Waals surface area contributed by atoms with E-state index in [9.17, 15) is 26.7 Å². The molecule has 0 saturated carbocycles. The highest BCUT2D eigenvalue weighted by Crippen LogP contribution is 2.44. The van der Waals surface area contributed by atoms with Crippen molar-refractivity contribution in [2.45, 2.75) is 25.4 Å². The fraction of sp³-hybridized carbons (Fsp3) is 0.520. The lowest BCUT2D eigenvalue weighted by Crippen LogP contribution is -2.45. The first-order valence-electron chi connectivity index (χ1n) is 12.2. The number of pyridine rings is 1. The zero-order chi connectivity index (χ0) is 27.5. The monoisotopic (exact) mass is 544 g/mol. The zero-order valence-corrected chi connectivity index (χ0v) is 20.7. The Morgan fingerprint density at radius 2 is 1.89 bits per heavy atom. The van der Waals surface area contributed by atoms with Crippen LogP contribution < -0.4 is 15.0 Å². The highest BCUT2D eigenvalue weighted by Gasteiger charge is 2.63. The SMILES string of the molecule is Cc1ccc(NC(=O)N2CC[C@@H](C(F)(F)C(F)(F)F)C2)cc1-c1cc(OCCO)nc(N2CCOCC2)c1. The number of hydrogen-bond acceptors (Lipinski definition) is 6. The lowest BCUT2D eigenvalue weighted by atomic mass is 10.00. The summed E-state index contributed by atoms with van der Waals surface area (Å²) in [6, 6.07) is 7.91. The number of aryl methyl sites for hydroxylation is 1. The minimum absolute atomic E-state index is 0.0539. The molecule has 13 heteroatoms. The number of amides is 2. The summed E-state index contributed by atoms with van der Waals surface area (Å²) >= 11 is 0. The molecule has 2 fully saturated rings. The number of urea groups is 1. The van der Waals surface area contributed by atoms with E-state index in [4.69, 9.17) is 14.6 Å². The second-order valence-corrected chi connectivity index (χ2v) is 9.24. The van der Waals surface area contributed by atoms with Crippen LogP contribution in [-0.4, -0.2) is 85.7 Å². The van der Waals surface area contributed by atoms with E-state index in [1.807, 2.05) is 17.9 Å². The molecular formula is C25H29F5N4O4. The number of hydrogen-bond donors (Lipinski definition) is 2. The Bertz CT molecular complexity index is 1140. The van der Waals surface area contributed by atoms with E-state index in [1.54, 1.807) is 24.3 Å². The summed E-state index contributed by atoms with van der Waals surface area (Å²) in [5, 5.41) is 11.8. The molecule has 2 N–H and O–H groups in total. The standard InChI is InChI=1S/C25H29F5N4O4/c1-16-2-3-19(31-23(36)34-5-4-18(15-34)24(26,27)25(28,29)30)14-20(16)17-12-21(33-6-9-37-10-7-33)32-22(13-17)38-11-8-35/h2-3,12-14,18,35H,4-11,15H2,1H3,(H,31,36)/t18-/m1/s1. The zero-order valence-electron chi connectivity index (χ0n) is 20.7. The summed E-state index contributed by atoms with van der Waals surface area (Å²) < 4.78 is 76.7. The van der Waals surface area contributed by atoms with Crippen molar-refractivity contribution in [1.82, 2.24) is 9.88 Å². The minimum Gasteiger partial charge on any atom is -0.475 e. The second-order valence-electron chi connectivity index (χ2n) is 9.24. The van der Waals surface area contributed by atoms with Crippen LogP contribution in [0.3, 0.4) is 0 Å². The predicted octanol–water partition coefficient (Wildman–Crippen LogP) is 4.32. The molecule has 0 spiro atoms. The molecule has 1 aromatic carbocycles. The number of carbonyl (C=O) groups is 1. The smallest absolute Gasteiger partial charge is 0.453 e. The van der Waals surface area contributed by atoms with E-state index in [2.05, 4.69) is 10.3 Å². The maximum atomic E-state index is 13.7. The third kappa shape index (κ3) is 6.09. The molecule has 0 radical (unpaired) electrons. The van der Waals surface area contributed by atoms with Crippen molar-refractivity contribution in [2.75, 3.05) is 62.8 Å². The van der Waals surface area contributed by atoms with Crippen LogP contribution in [0, 0.1) is 12.8 Å². The van der Waals surface area contributed by atoms with Gasteiger partial charge in [-0.15, -0.1) is 0 Å². The van der Waals surface area contributed by atoms with Gasteiger partial charge in [0.05, 0.1) is 25.7 Å². The summed E-state index contributed by atoms with van der Waals surface area (Å²) in [5.41, 5.74) is 2.68.